The van der Waals surface area contributed by atoms with Gasteiger partial charge < -0.3 is 0 Å². The molecule has 1 saturated carbocycles. The summed E-state index contributed by atoms with van der Waals surface area (Å²) in [7, 11) is -3.25. The van der Waals surface area contributed by atoms with Crippen LogP contribution >= 0.6 is 11.6 Å². The van der Waals surface area contributed by atoms with Gasteiger partial charge in [0, 0.05) is 23.0 Å². The third-order valence-corrected chi connectivity index (χ3v) is 5.70. The molecular formula is C17H19ClN2O2S. The predicted octanol–water partition coefficient (Wildman–Crippen LogP) is 3.79. The zero-order valence-electron chi connectivity index (χ0n) is 12.9. The molecule has 1 aliphatic rings. The van der Waals surface area contributed by atoms with Crippen LogP contribution in [0.5, 0.6) is 0 Å². The largest absolute Gasteiger partial charge is 0.264 e. The molecule has 3 rings (SSSR count). The minimum Gasteiger partial charge on any atom is -0.264 e. The van der Waals surface area contributed by atoms with Gasteiger partial charge in [-0.25, -0.2) is 13.1 Å². The summed E-state index contributed by atoms with van der Waals surface area (Å²) in [6.07, 6.45) is 5.62. The van der Waals surface area contributed by atoms with E-state index in [9.17, 15) is 8.42 Å². The van der Waals surface area contributed by atoms with Gasteiger partial charge in [-0.3, -0.25) is 4.98 Å². The van der Waals surface area contributed by atoms with Crippen LogP contribution in [0.2, 0.25) is 5.02 Å². The standard InChI is InChI=1S/C17H19ClN2O2S/c1-2-23(21,22)20-17(13-3-4-13)15-9-14(10-19-11-15)12-5-7-16(18)8-6-12/h5-11,13,17,20H,2-4H2,1H3. The number of benzene rings is 1. The lowest BCUT2D eigenvalue weighted by Crippen LogP contribution is -2.31. The summed E-state index contributed by atoms with van der Waals surface area (Å²) in [5, 5.41) is 0.685. The fourth-order valence-corrected chi connectivity index (χ4v) is 3.58. The Hall–Kier alpha value is -1.43. The van der Waals surface area contributed by atoms with Crippen molar-refractivity contribution >= 4 is 21.6 Å². The van der Waals surface area contributed by atoms with E-state index in [0.717, 1.165) is 29.5 Å². The number of aromatic nitrogens is 1. The van der Waals surface area contributed by atoms with Gasteiger partial charge in [-0.1, -0.05) is 23.7 Å². The minimum atomic E-state index is -3.25. The Morgan fingerprint density at radius 2 is 1.91 bits per heavy atom. The van der Waals surface area contributed by atoms with Gasteiger partial charge in [0.15, 0.2) is 0 Å². The van der Waals surface area contributed by atoms with E-state index in [1.54, 1.807) is 19.3 Å². The molecule has 4 nitrogen and oxygen atoms in total. The van der Waals surface area contributed by atoms with Crippen molar-refractivity contribution in [3.63, 3.8) is 0 Å². The second kappa shape index (κ2) is 6.59. The molecule has 1 aliphatic carbocycles. The smallest absolute Gasteiger partial charge is 0.211 e. The van der Waals surface area contributed by atoms with Gasteiger partial charge in [0.1, 0.15) is 0 Å². The summed E-state index contributed by atoms with van der Waals surface area (Å²) < 4.78 is 26.7. The monoisotopic (exact) mass is 350 g/mol. The molecule has 6 heteroatoms. The summed E-state index contributed by atoms with van der Waals surface area (Å²) in [4.78, 5) is 4.30. The molecule has 1 aromatic heterocycles. The van der Waals surface area contributed by atoms with Crippen molar-refractivity contribution in [3.8, 4) is 11.1 Å². The van der Waals surface area contributed by atoms with Crippen LogP contribution in [0.3, 0.4) is 0 Å². The topological polar surface area (TPSA) is 59.1 Å². The van der Waals surface area contributed by atoms with Crippen LogP contribution in [-0.4, -0.2) is 19.2 Å². The number of hydrogen-bond donors (Lipinski definition) is 1. The van der Waals surface area contributed by atoms with Crippen LogP contribution < -0.4 is 4.72 Å². The van der Waals surface area contributed by atoms with E-state index in [1.165, 1.54) is 0 Å². The summed E-state index contributed by atoms with van der Waals surface area (Å²) >= 11 is 5.93. The van der Waals surface area contributed by atoms with Gasteiger partial charge in [-0.05, 0) is 55.0 Å². The quantitative estimate of drug-likeness (QED) is 0.862. The average molecular weight is 351 g/mol. The average Bonchev–Trinajstić information content (AvgIpc) is 3.38. The van der Waals surface area contributed by atoms with Gasteiger partial charge in [0.05, 0.1) is 11.8 Å². The maximum atomic E-state index is 12.0. The molecule has 2 aromatic rings. The van der Waals surface area contributed by atoms with Crippen molar-refractivity contribution in [1.82, 2.24) is 9.71 Å². The molecule has 122 valence electrons. The van der Waals surface area contributed by atoms with Gasteiger partial charge in [0.25, 0.3) is 0 Å². The number of nitrogens with one attached hydrogen (secondary N) is 1. The molecule has 0 radical (unpaired) electrons. The van der Waals surface area contributed by atoms with Crippen LogP contribution in [0.1, 0.15) is 31.4 Å². The molecule has 1 atom stereocenters. The lowest BCUT2D eigenvalue weighted by Gasteiger charge is -2.18. The molecule has 0 bridgehead atoms. The second-order valence-electron chi connectivity index (χ2n) is 5.85. The summed E-state index contributed by atoms with van der Waals surface area (Å²) in [6.45, 7) is 1.65. The second-order valence-corrected chi connectivity index (χ2v) is 8.33. The highest BCUT2D eigenvalue weighted by Crippen LogP contribution is 2.41. The number of hydrogen-bond acceptors (Lipinski definition) is 3. The van der Waals surface area contributed by atoms with Crippen molar-refractivity contribution in [2.75, 3.05) is 5.75 Å². The zero-order chi connectivity index (χ0) is 16.4. The molecular weight excluding hydrogens is 332 g/mol. The molecule has 1 aromatic carbocycles. The van der Waals surface area contributed by atoms with Crippen LogP contribution in [0.15, 0.2) is 42.7 Å². The normalized spacial score (nSPS) is 16.3. The minimum absolute atomic E-state index is 0.0839. The van der Waals surface area contributed by atoms with Crippen LogP contribution in [0, 0.1) is 5.92 Å². The fraction of sp³-hybridized carbons (Fsp3) is 0.353. The first-order valence-corrected chi connectivity index (χ1v) is 9.72. The maximum Gasteiger partial charge on any atom is 0.211 e. The maximum absolute atomic E-state index is 12.0. The van der Waals surface area contributed by atoms with Gasteiger partial charge in [-0.15, -0.1) is 0 Å². The van der Waals surface area contributed by atoms with E-state index in [4.69, 9.17) is 11.6 Å². The third kappa shape index (κ3) is 4.10. The Balaban J connectivity index is 1.92. The number of nitrogens with zero attached hydrogens (tertiary/aromatic N) is 1. The Morgan fingerprint density at radius 1 is 1.22 bits per heavy atom. The Labute approximate surface area is 142 Å². The predicted molar refractivity (Wildman–Crippen MR) is 92.7 cm³/mol. The van der Waals surface area contributed by atoms with Crippen LogP contribution in [-0.2, 0) is 10.0 Å². The van der Waals surface area contributed by atoms with Gasteiger partial charge >= 0.3 is 0 Å². The lowest BCUT2D eigenvalue weighted by molar-refractivity contribution is 0.529. The molecule has 0 spiro atoms. The van der Waals surface area contributed by atoms with Crippen LogP contribution in [0.4, 0.5) is 0 Å². The lowest BCUT2D eigenvalue weighted by atomic mass is 10.0. The molecule has 0 amide bonds. The SMILES string of the molecule is CCS(=O)(=O)NC(c1cncc(-c2ccc(Cl)cc2)c1)C1CC1. The molecule has 1 N–H and O–H groups in total. The van der Waals surface area contributed by atoms with Crippen molar-refractivity contribution in [2.24, 2.45) is 5.92 Å². The summed E-state index contributed by atoms with van der Waals surface area (Å²) in [6, 6.07) is 9.36. The van der Waals surface area contributed by atoms with E-state index < -0.39 is 10.0 Å². The highest BCUT2D eigenvalue weighted by Gasteiger charge is 2.34. The molecule has 0 saturated heterocycles. The number of rotatable bonds is 6. The van der Waals surface area contributed by atoms with E-state index in [2.05, 4.69) is 9.71 Å². The number of pyridine rings is 1. The van der Waals surface area contributed by atoms with Gasteiger partial charge in [-0.2, -0.15) is 0 Å². The Kier molecular flexibility index (Phi) is 4.71. The molecule has 1 fully saturated rings. The zero-order valence-corrected chi connectivity index (χ0v) is 14.4. The molecule has 0 aliphatic heterocycles. The van der Waals surface area contributed by atoms with Crippen LogP contribution in [0.25, 0.3) is 11.1 Å². The summed E-state index contributed by atoms with van der Waals surface area (Å²) in [5.74, 6) is 0.444. The van der Waals surface area contributed by atoms with Crippen molar-refractivity contribution in [3.05, 3.63) is 53.3 Å². The number of halogens is 1. The molecule has 1 heterocycles. The van der Waals surface area contributed by atoms with E-state index in [-0.39, 0.29) is 11.8 Å². The van der Waals surface area contributed by atoms with E-state index >= 15 is 0 Å². The van der Waals surface area contributed by atoms with E-state index in [0.29, 0.717) is 10.9 Å². The Morgan fingerprint density at radius 3 is 2.52 bits per heavy atom. The highest BCUT2D eigenvalue weighted by molar-refractivity contribution is 7.89. The molecule has 23 heavy (non-hydrogen) atoms. The Bertz CT molecular complexity index is 786. The van der Waals surface area contributed by atoms with Crippen molar-refractivity contribution < 1.29 is 8.42 Å². The molecule has 1 unspecified atom stereocenters. The van der Waals surface area contributed by atoms with Crippen molar-refractivity contribution in [1.29, 1.82) is 0 Å². The number of sulfonamides is 1. The first-order valence-electron chi connectivity index (χ1n) is 7.69. The first kappa shape index (κ1) is 16.4. The first-order chi connectivity index (χ1) is 11.0. The van der Waals surface area contributed by atoms with E-state index in [1.807, 2.05) is 30.3 Å². The fourth-order valence-electron chi connectivity index (χ4n) is 2.57. The summed E-state index contributed by atoms with van der Waals surface area (Å²) in [5.41, 5.74) is 2.88. The van der Waals surface area contributed by atoms with Gasteiger partial charge in [0.2, 0.25) is 10.0 Å². The highest BCUT2D eigenvalue weighted by atomic mass is 35.5. The van der Waals surface area contributed by atoms with Crippen molar-refractivity contribution in [2.45, 2.75) is 25.8 Å². The third-order valence-electron chi connectivity index (χ3n) is 4.08.